The Bertz CT molecular complexity index is 1050. The minimum absolute atomic E-state index is 0.0291. The van der Waals surface area contributed by atoms with E-state index in [0.717, 1.165) is 41.6 Å². The summed E-state index contributed by atoms with van der Waals surface area (Å²) < 4.78 is 33.9. The number of nitrogens with zero attached hydrogens (tertiary/aromatic N) is 3. The van der Waals surface area contributed by atoms with Gasteiger partial charge >= 0.3 is 6.09 Å². The Balaban J connectivity index is 1.70. The second-order valence-electron chi connectivity index (χ2n) is 10.9. The maximum atomic E-state index is 15.0. The second kappa shape index (κ2) is 9.47. The fraction of sp³-hybridized carbons (Fsp3) is 0.625. The highest BCUT2D eigenvalue weighted by Crippen LogP contribution is 2.67. The van der Waals surface area contributed by atoms with Crippen LogP contribution in [-0.4, -0.2) is 71.3 Å². The van der Waals surface area contributed by atoms with Crippen LogP contribution in [0.5, 0.6) is 0 Å². The molecule has 0 bridgehead atoms. The summed E-state index contributed by atoms with van der Waals surface area (Å²) in [6, 6.07) is 4.78. The Labute approximate surface area is 209 Å². The number of carbonyl (C=O) groups is 2. The standard InChI is InChI=1S/C24H33F2N3O4SSi/c1-23(16-8-7-9-17(25)19(16)26)18-14-24(18,20(30)28-10-5-6-11-28)34-21(27-23)29(22(31)32)15-33-12-13-35(2,3)4/h7-9,18H,5-6,10-15H2,1-4H3,(H,31,32)/t18-,23+,24-/m0/s1. The molecule has 0 aromatic heterocycles. The number of halogens is 2. The molecule has 7 nitrogen and oxygen atoms in total. The number of hydrogen-bond donors (Lipinski definition) is 1. The molecular formula is C24H33F2N3O4SSi. The van der Waals surface area contributed by atoms with Crippen molar-refractivity contribution in [3.8, 4) is 0 Å². The first kappa shape index (κ1) is 26.1. The zero-order valence-electron chi connectivity index (χ0n) is 20.6. The first-order chi connectivity index (χ1) is 16.4. The van der Waals surface area contributed by atoms with E-state index in [-0.39, 0.29) is 29.3 Å². The average Bonchev–Trinajstić information content (AvgIpc) is 3.29. The summed E-state index contributed by atoms with van der Waals surface area (Å²) in [5, 5.41) is 10.1. The lowest BCUT2D eigenvalue weighted by atomic mass is 9.85. The molecule has 1 aromatic rings. The van der Waals surface area contributed by atoms with Crippen molar-refractivity contribution in [2.45, 2.75) is 62.2 Å². The van der Waals surface area contributed by atoms with Gasteiger partial charge in [0.15, 0.2) is 16.8 Å². The third kappa shape index (κ3) is 4.99. The molecule has 0 unspecified atom stereocenters. The number of carboxylic acid groups (broad SMARTS) is 1. The van der Waals surface area contributed by atoms with Crippen LogP contribution >= 0.6 is 11.8 Å². The Morgan fingerprint density at radius 1 is 1.29 bits per heavy atom. The minimum Gasteiger partial charge on any atom is -0.465 e. The maximum absolute atomic E-state index is 15.0. The molecule has 1 saturated heterocycles. The van der Waals surface area contributed by atoms with E-state index in [1.165, 1.54) is 12.1 Å². The molecule has 2 amide bonds. The number of fused-ring (bicyclic) bond motifs is 1. The minimum atomic E-state index is -1.37. The molecular weight excluding hydrogens is 492 g/mol. The van der Waals surface area contributed by atoms with Gasteiger partial charge in [0.1, 0.15) is 11.5 Å². The van der Waals surface area contributed by atoms with Crippen LogP contribution in [-0.2, 0) is 15.1 Å². The molecule has 3 aliphatic rings. The normalized spacial score (nSPS) is 27.9. The van der Waals surface area contributed by atoms with E-state index in [1.807, 2.05) is 0 Å². The number of amides is 2. The summed E-state index contributed by atoms with van der Waals surface area (Å²) in [5.41, 5.74) is -1.27. The van der Waals surface area contributed by atoms with Gasteiger partial charge in [0.25, 0.3) is 0 Å². The molecule has 1 N–H and O–H groups in total. The third-order valence-electron chi connectivity index (χ3n) is 7.12. The van der Waals surface area contributed by atoms with Gasteiger partial charge in [0, 0.05) is 39.3 Å². The summed E-state index contributed by atoms with van der Waals surface area (Å²) in [4.78, 5) is 33.3. The van der Waals surface area contributed by atoms with Gasteiger partial charge in [-0.05, 0) is 38.3 Å². The molecule has 3 atom stereocenters. The van der Waals surface area contributed by atoms with Gasteiger partial charge in [0.2, 0.25) is 5.91 Å². The highest BCUT2D eigenvalue weighted by atomic mass is 32.2. The van der Waals surface area contributed by atoms with Crippen LogP contribution in [0.3, 0.4) is 0 Å². The van der Waals surface area contributed by atoms with Crippen LogP contribution in [0.1, 0.15) is 31.7 Å². The highest BCUT2D eigenvalue weighted by Gasteiger charge is 2.72. The van der Waals surface area contributed by atoms with Crippen LogP contribution in [0.2, 0.25) is 25.7 Å². The first-order valence-electron chi connectivity index (χ1n) is 12.0. The fourth-order valence-corrected chi connectivity index (χ4v) is 7.32. The van der Waals surface area contributed by atoms with Crippen molar-refractivity contribution in [3.05, 3.63) is 35.4 Å². The molecule has 1 aromatic carbocycles. The summed E-state index contributed by atoms with van der Waals surface area (Å²) in [7, 11) is -1.37. The van der Waals surface area contributed by atoms with E-state index in [4.69, 9.17) is 4.74 Å². The average molecular weight is 526 g/mol. The van der Waals surface area contributed by atoms with Gasteiger partial charge in [-0.2, -0.15) is 0 Å². The Morgan fingerprint density at radius 2 is 1.97 bits per heavy atom. The Hall–Kier alpha value is -1.98. The number of aliphatic imine (C=N–C) groups is 1. The summed E-state index contributed by atoms with van der Waals surface area (Å²) in [6.07, 6.45) is 0.977. The van der Waals surface area contributed by atoms with Crippen molar-refractivity contribution in [2.75, 3.05) is 26.4 Å². The van der Waals surface area contributed by atoms with E-state index in [9.17, 15) is 23.5 Å². The highest BCUT2D eigenvalue weighted by molar-refractivity contribution is 8.16. The molecule has 1 aliphatic carbocycles. The van der Waals surface area contributed by atoms with E-state index >= 15 is 0 Å². The number of rotatable bonds is 7. The Kier molecular flexibility index (Phi) is 7.06. The van der Waals surface area contributed by atoms with Crippen molar-refractivity contribution >= 4 is 37.0 Å². The van der Waals surface area contributed by atoms with Gasteiger partial charge in [-0.15, -0.1) is 0 Å². The van der Waals surface area contributed by atoms with E-state index < -0.39 is 36.1 Å². The predicted octanol–water partition coefficient (Wildman–Crippen LogP) is 4.96. The molecule has 35 heavy (non-hydrogen) atoms. The Morgan fingerprint density at radius 3 is 2.60 bits per heavy atom. The number of thioether (sulfide) groups is 1. The van der Waals surface area contributed by atoms with Crippen molar-refractivity contribution in [1.29, 1.82) is 0 Å². The lowest BCUT2D eigenvalue weighted by Crippen LogP contribution is -2.48. The summed E-state index contributed by atoms with van der Waals surface area (Å²) in [6.45, 7) is 9.73. The fourth-order valence-electron chi connectivity index (χ4n) is 4.92. The zero-order chi connectivity index (χ0) is 25.6. The maximum Gasteiger partial charge on any atom is 0.415 e. The quantitative estimate of drug-likeness (QED) is 0.309. The number of hydrogen-bond acceptors (Lipinski definition) is 5. The summed E-state index contributed by atoms with van der Waals surface area (Å²) in [5.74, 6) is -2.48. The van der Waals surface area contributed by atoms with Crippen molar-refractivity contribution in [2.24, 2.45) is 10.9 Å². The smallest absolute Gasteiger partial charge is 0.415 e. The van der Waals surface area contributed by atoms with Crippen molar-refractivity contribution in [1.82, 2.24) is 9.80 Å². The number of benzene rings is 1. The molecule has 0 radical (unpaired) electrons. The molecule has 4 rings (SSSR count). The molecule has 11 heteroatoms. The van der Waals surface area contributed by atoms with Crippen molar-refractivity contribution in [3.63, 3.8) is 0 Å². The van der Waals surface area contributed by atoms with E-state index in [1.54, 1.807) is 11.8 Å². The molecule has 2 fully saturated rings. The van der Waals surface area contributed by atoms with Crippen molar-refractivity contribution < 1.29 is 28.2 Å². The van der Waals surface area contributed by atoms with Gasteiger partial charge < -0.3 is 14.7 Å². The van der Waals surface area contributed by atoms with Gasteiger partial charge in [-0.25, -0.2) is 18.5 Å². The number of ether oxygens (including phenoxy) is 1. The predicted molar refractivity (Wildman–Crippen MR) is 134 cm³/mol. The van der Waals surface area contributed by atoms with Gasteiger partial charge in [-0.1, -0.05) is 43.5 Å². The van der Waals surface area contributed by atoms with Crippen LogP contribution in [0.4, 0.5) is 13.6 Å². The number of amidine groups is 1. The second-order valence-corrected chi connectivity index (χ2v) is 17.9. The van der Waals surface area contributed by atoms with Crippen LogP contribution in [0.15, 0.2) is 23.2 Å². The molecule has 192 valence electrons. The lowest BCUT2D eigenvalue weighted by Gasteiger charge is -2.37. The van der Waals surface area contributed by atoms with E-state index in [0.29, 0.717) is 26.1 Å². The number of likely N-dealkylation sites (tertiary alicyclic amines) is 1. The SMILES string of the molecule is C[C@]1(c2cccc(F)c2F)N=C(N(COCC[Si](C)(C)C)C(=O)O)S[C@@]2(C(=O)N3CCCC3)C[C@H]21. The monoisotopic (exact) mass is 525 g/mol. The molecule has 2 aliphatic heterocycles. The van der Waals surface area contributed by atoms with E-state index in [2.05, 4.69) is 24.6 Å². The van der Waals surface area contributed by atoms with Crippen LogP contribution in [0.25, 0.3) is 0 Å². The lowest BCUT2D eigenvalue weighted by molar-refractivity contribution is -0.130. The molecule has 2 heterocycles. The third-order valence-corrected chi connectivity index (χ3v) is 10.3. The first-order valence-corrected chi connectivity index (χ1v) is 16.5. The largest absolute Gasteiger partial charge is 0.465 e. The zero-order valence-corrected chi connectivity index (χ0v) is 22.5. The summed E-state index contributed by atoms with van der Waals surface area (Å²) >= 11 is 1.13. The molecule has 0 spiro atoms. The van der Waals surface area contributed by atoms with Gasteiger partial charge in [-0.3, -0.25) is 9.79 Å². The van der Waals surface area contributed by atoms with Crippen LogP contribution < -0.4 is 0 Å². The molecule has 1 saturated carbocycles. The topological polar surface area (TPSA) is 82.4 Å². The van der Waals surface area contributed by atoms with Gasteiger partial charge in [0.05, 0.1) is 5.54 Å². The number of carbonyl (C=O) groups excluding carboxylic acids is 1. The van der Waals surface area contributed by atoms with Crippen LogP contribution in [0, 0.1) is 17.6 Å².